The van der Waals surface area contributed by atoms with E-state index in [2.05, 4.69) is 22.2 Å². The van der Waals surface area contributed by atoms with Gasteiger partial charge in [-0.3, -0.25) is 0 Å². The molecule has 11 heteroatoms. The topological polar surface area (TPSA) is 129 Å². The van der Waals surface area contributed by atoms with E-state index in [1.165, 1.54) is 11.8 Å². The third-order valence-electron chi connectivity index (χ3n) is 5.70. The maximum absolute atomic E-state index is 11.0. The van der Waals surface area contributed by atoms with E-state index in [1.54, 1.807) is 0 Å². The third-order valence-corrected chi connectivity index (χ3v) is 7.04. The molecule has 2 saturated carbocycles. The maximum atomic E-state index is 11.0. The van der Waals surface area contributed by atoms with Crippen molar-refractivity contribution in [3.8, 4) is 0 Å². The molecule has 3 fully saturated rings. The van der Waals surface area contributed by atoms with Gasteiger partial charge in [-0.15, -0.1) is 0 Å². The van der Waals surface area contributed by atoms with Crippen LogP contribution in [0.15, 0.2) is 5.16 Å². The zero-order chi connectivity index (χ0) is 21.3. The minimum absolute atomic E-state index is 0.203. The van der Waals surface area contributed by atoms with Gasteiger partial charge in [0.1, 0.15) is 24.5 Å². The first-order valence-corrected chi connectivity index (χ1v) is 11.7. The van der Waals surface area contributed by atoms with Gasteiger partial charge in [0.15, 0.2) is 21.9 Å². The number of carbonyl (C=O) groups is 1. The zero-order valence-electron chi connectivity index (χ0n) is 16.8. The van der Waals surface area contributed by atoms with Crippen molar-refractivity contribution in [3.63, 3.8) is 0 Å². The van der Waals surface area contributed by atoms with Gasteiger partial charge in [0.05, 0.1) is 12.1 Å². The summed E-state index contributed by atoms with van der Waals surface area (Å²) in [6, 6.07) is -0.203. The lowest BCUT2D eigenvalue weighted by atomic mass is 10.2. The summed E-state index contributed by atoms with van der Waals surface area (Å²) in [5.74, 6) is -0.287. The average molecular weight is 459 g/mol. The van der Waals surface area contributed by atoms with Gasteiger partial charge in [0.25, 0.3) is 0 Å². The van der Waals surface area contributed by atoms with Crippen LogP contribution in [0.3, 0.4) is 0 Å². The zero-order valence-corrected chi connectivity index (χ0v) is 18.4. The number of aromatic nitrogens is 2. The largest absolute Gasteiger partial charge is 0.480 e. The number of nitrogens with two attached hydrogens (primary N) is 1. The number of halogens is 1. The Balaban J connectivity index is 1.54. The van der Waals surface area contributed by atoms with Gasteiger partial charge >= 0.3 is 5.97 Å². The molecule has 0 amide bonds. The number of carboxylic acid groups (broad SMARTS) is 1. The van der Waals surface area contributed by atoms with E-state index in [0.717, 1.165) is 37.9 Å². The molecule has 0 unspecified atom stereocenters. The van der Waals surface area contributed by atoms with Gasteiger partial charge in [0.2, 0.25) is 0 Å². The molecule has 1 saturated heterocycles. The number of rotatable bonds is 8. The summed E-state index contributed by atoms with van der Waals surface area (Å²) < 4.78 is 18.3. The van der Waals surface area contributed by atoms with Crippen molar-refractivity contribution in [1.29, 1.82) is 0 Å². The first-order chi connectivity index (χ1) is 14.4. The lowest BCUT2D eigenvalue weighted by Gasteiger charge is -2.27. The van der Waals surface area contributed by atoms with E-state index < -0.39 is 17.9 Å². The van der Waals surface area contributed by atoms with Crippen LogP contribution in [0.25, 0.3) is 0 Å². The van der Waals surface area contributed by atoms with Crippen molar-refractivity contribution >= 4 is 40.8 Å². The Labute approximate surface area is 184 Å². The summed E-state index contributed by atoms with van der Waals surface area (Å²) in [7, 11) is 0. The number of hydrogen-bond acceptors (Lipinski definition) is 9. The molecule has 1 spiro atoms. The quantitative estimate of drug-likeness (QED) is 0.303. The van der Waals surface area contributed by atoms with E-state index in [-0.39, 0.29) is 35.7 Å². The van der Waals surface area contributed by atoms with Gasteiger partial charge in [-0.2, -0.15) is 0 Å². The Morgan fingerprint density at radius 2 is 2.10 bits per heavy atom. The Morgan fingerprint density at radius 1 is 1.37 bits per heavy atom. The second-order valence-electron chi connectivity index (χ2n) is 7.92. The SMILES string of the molecule is CCCSc1nc(Cl)c(N)c(N[C@H]2C[C@@H](OCC(=O)O)[C@@H]3OC4(CCCC4)O[C@@H]32)n1. The highest BCUT2D eigenvalue weighted by molar-refractivity contribution is 7.99. The van der Waals surface area contributed by atoms with Gasteiger partial charge in [-0.05, 0) is 25.7 Å². The van der Waals surface area contributed by atoms with Crippen molar-refractivity contribution in [2.45, 2.75) is 80.7 Å². The number of fused-ring (bicyclic) bond motifs is 1. The standard InChI is InChI=1S/C19H27ClN4O5S/c1-2-7-30-18-23-16(20)13(21)17(24-18)22-10-8-11(27-9-12(25)26)15-14(10)28-19(29-15)5-3-4-6-19/h10-11,14-15H,2-9,21H2,1H3,(H,25,26)(H,22,23,24)/t10-,11+,14+,15-/m0/s1. The Hall–Kier alpha value is -1.33. The van der Waals surface area contributed by atoms with Gasteiger partial charge in [0, 0.05) is 18.6 Å². The van der Waals surface area contributed by atoms with Crippen LogP contribution in [-0.4, -0.2) is 63.5 Å². The molecule has 1 aliphatic heterocycles. The molecule has 2 aliphatic carbocycles. The molecule has 3 aliphatic rings. The predicted molar refractivity (Wildman–Crippen MR) is 113 cm³/mol. The lowest BCUT2D eigenvalue weighted by molar-refractivity contribution is -0.188. The molecular weight excluding hydrogens is 432 g/mol. The van der Waals surface area contributed by atoms with Crippen LogP contribution >= 0.6 is 23.4 Å². The number of hydrogen-bond donors (Lipinski definition) is 3. The van der Waals surface area contributed by atoms with E-state index >= 15 is 0 Å². The van der Waals surface area contributed by atoms with Crippen LogP contribution in [0.5, 0.6) is 0 Å². The van der Waals surface area contributed by atoms with Crippen LogP contribution in [0.1, 0.15) is 45.4 Å². The molecule has 4 N–H and O–H groups in total. The Bertz CT molecular complexity index is 794. The fourth-order valence-corrected chi connectivity index (χ4v) is 5.29. The fourth-order valence-electron chi connectivity index (χ4n) is 4.37. The number of carboxylic acids is 1. The predicted octanol–water partition coefficient (Wildman–Crippen LogP) is 2.92. The summed E-state index contributed by atoms with van der Waals surface area (Å²) in [6.07, 6.45) is 4.23. The molecule has 4 rings (SSSR count). The summed E-state index contributed by atoms with van der Waals surface area (Å²) >= 11 is 7.74. The number of nitrogens with zero attached hydrogens (tertiary/aromatic N) is 2. The molecule has 1 aromatic heterocycles. The van der Waals surface area contributed by atoms with Crippen LogP contribution in [0.4, 0.5) is 11.5 Å². The van der Waals surface area contributed by atoms with Crippen LogP contribution < -0.4 is 11.1 Å². The van der Waals surface area contributed by atoms with E-state index in [9.17, 15) is 4.79 Å². The number of anilines is 2. The molecule has 0 radical (unpaired) electrons. The summed E-state index contributed by atoms with van der Waals surface area (Å²) in [5, 5.41) is 13.1. The van der Waals surface area contributed by atoms with Crippen LogP contribution in [-0.2, 0) is 19.0 Å². The Morgan fingerprint density at radius 3 is 2.80 bits per heavy atom. The van der Waals surface area contributed by atoms with Crippen molar-refractivity contribution in [2.24, 2.45) is 0 Å². The fraction of sp³-hybridized carbons (Fsp3) is 0.737. The van der Waals surface area contributed by atoms with E-state index in [4.69, 9.17) is 36.7 Å². The molecule has 9 nitrogen and oxygen atoms in total. The highest BCUT2D eigenvalue weighted by Crippen LogP contribution is 2.48. The summed E-state index contributed by atoms with van der Waals surface area (Å²) in [5.41, 5.74) is 6.41. The monoisotopic (exact) mass is 458 g/mol. The minimum Gasteiger partial charge on any atom is -0.480 e. The summed E-state index contributed by atoms with van der Waals surface area (Å²) in [6.45, 7) is 1.70. The Kier molecular flexibility index (Phi) is 6.59. The van der Waals surface area contributed by atoms with E-state index in [1.807, 2.05) is 0 Å². The molecule has 30 heavy (non-hydrogen) atoms. The van der Waals surface area contributed by atoms with Crippen molar-refractivity contribution in [2.75, 3.05) is 23.4 Å². The maximum Gasteiger partial charge on any atom is 0.329 e. The van der Waals surface area contributed by atoms with Gasteiger partial charge in [-0.1, -0.05) is 30.3 Å². The normalized spacial score (nSPS) is 29.4. The molecule has 166 valence electrons. The second-order valence-corrected chi connectivity index (χ2v) is 9.34. The summed E-state index contributed by atoms with van der Waals surface area (Å²) in [4.78, 5) is 19.8. The molecule has 2 heterocycles. The van der Waals surface area contributed by atoms with Crippen molar-refractivity contribution in [3.05, 3.63) is 5.15 Å². The van der Waals surface area contributed by atoms with Crippen molar-refractivity contribution in [1.82, 2.24) is 9.97 Å². The molecular formula is C19H27ClN4O5S. The number of aliphatic carboxylic acids is 1. The average Bonchev–Trinajstić information content (AvgIpc) is 3.40. The number of nitrogen functional groups attached to an aromatic ring is 1. The van der Waals surface area contributed by atoms with Gasteiger partial charge in [-0.25, -0.2) is 14.8 Å². The number of nitrogens with one attached hydrogen (secondary N) is 1. The molecule has 0 bridgehead atoms. The van der Waals surface area contributed by atoms with Crippen LogP contribution in [0, 0.1) is 0 Å². The number of ether oxygens (including phenoxy) is 3. The second kappa shape index (κ2) is 9.04. The molecule has 0 aromatic carbocycles. The third kappa shape index (κ3) is 4.47. The smallest absolute Gasteiger partial charge is 0.329 e. The lowest BCUT2D eigenvalue weighted by Crippen LogP contribution is -2.35. The highest BCUT2D eigenvalue weighted by atomic mass is 35.5. The van der Waals surface area contributed by atoms with Crippen LogP contribution in [0.2, 0.25) is 5.15 Å². The highest BCUT2D eigenvalue weighted by Gasteiger charge is 2.58. The van der Waals surface area contributed by atoms with Crippen molar-refractivity contribution < 1.29 is 24.1 Å². The minimum atomic E-state index is -1.01. The van der Waals surface area contributed by atoms with Gasteiger partial charge < -0.3 is 30.4 Å². The number of thioether (sulfide) groups is 1. The van der Waals surface area contributed by atoms with E-state index in [0.29, 0.717) is 17.4 Å². The first-order valence-electron chi connectivity index (χ1n) is 10.3. The first kappa shape index (κ1) is 21.9. The molecule has 1 aromatic rings. The molecule has 4 atom stereocenters.